The summed E-state index contributed by atoms with van der Waals surface area (Å²) < 4.78 is 5.46. The third-order valence-corrected chi connectivity index (χ3v) is 6.96. The Balaban J connectivity index is 2.59. The number of benzene rings is 2. The summed E-state index contributed by atoms with van der Waals surface area (Å²) in [5.41, 5.74) is 2.37. The lowest BCUT2D eigenvalue weighted by Crippen LogP contribution is -2.55. The molecule has 0 fully saturated rings. The van der Waals surface area contributed by atoms with Gasteiger partial charge in [-0.15, -0.1) is 0 Å². The number of nitrogens with zero attached hydrogens (tertiary/aromatic N) is 1. The number of rotatable bonds is 12. The fraction of sp³-hybridized carbons (Fsp3) is 0.452. The molecule has 0 aliphatic rings. The van der Waals surface area contributed by atoms with E-state index in [1.807, 2.05) is 75.6 Å². The van der Waals surface area contributed by atoms with Crippen LogP contribution in [0.15, 0.2) is 55.1 Å². The van der Waals surface area contributed by atoms with Gasteiger partial charge in [-0.1, -0.05) is 56.0 Å². The molecule has 212 valence electrons. The molecule has 0 spiro atoms. The number of hydrogen-bond donors (Lipinski definition) is 2. The molecule has 0 heterocycles. The van der Waals surface area contributed by atoms with Crippen LogP contribution in [0.1, 0.15) is 70.2 Å². The predicted molar refractivity (Wildman–Crippen MR) is 162 cm³/mol. The summed E-state index contributed by atoms with van der Waals surface area (Å²) in [5, 5.41) is 5.82. The van der Waals surface area contributed by atoms with E-state index in [1.165, 1.54) is 0 Å². The van der Waals surface area contributed by atoms with E-state index < -0.39 is 23.8 Å². The van der Waals surface area contributed by atoms with Crippen LogP contribution in [-0.4, -0.2) is 52.5 Å². The van der Waals surface area contributed by atoms with Gasteiger partial charge in [0, 0.05) is 11.7 Å². The first-order valence-corrected chi connectivity index (χ1v) is 14.7. The first-order chi connectivity index (χ1) is 18.4. The van der Waals surface area contributed by atoms with Gasteiger partial charge in [-0.05, 0) is 88.3 Å². The molecule has 2 aromatic carbocycles. The molecule has 0 bridgehead atoms. The van der Waals surface area contributed by atoms with Crippen LogP contribution < -0.4 is 10.6 Å². The summed E-state index contributed by atoms with van der Waals surface area (Å²) in [6, 6.07) is 12.9. The summed E-state index contributed by atoms with van der Waals surface area (Å²) >= 11 is 1.58. The van der Waals surface area contributed by atoms with Crippen molar-refractivity contribution >= 4 is 41.4 Å². The third-order valence-electron chi connectivity index (χ3n) is 6.31. The number of alkyl carbamates (subject to hydrolysis) is 1. The highest BCUT2D eigenvalue weighted by Gasteiger charge is 2.38. The fourth-order valence-electron chi connectivity index (χ4n) is 4.13. The molecule has 0 aliphatic carbocycles. The molecule has 3 unspecified atom stereocenters. The van der Waals surface area contributed by atoms with Gasteiger partial charge in [-0.3, -0.25) is 9.59 Å². The van der Waals surface area contributed by atoms with Gasteiger partial charge < -0.3 is 20.3 Å². The number of para-hydroxylation sites is 1. The van der Waals surface area contributed by atoms with Crippen LogP contribution in [0.4, 0.5) is 10.5 Å². The summed E-state index contributed by atoms with van der Waals surface area (Å²) in [7, 11) is 0. The van der Waals surface area contributed by atoms with Gasteiger partial charge in [0.25, 0.3) is 5.91 Å². The second-order valence-corrected chi connectivity index (χ2v) is 11.5. The number of amides is 3. The average Bonchev–Trinajstić information content (AvgIpc) is 2.89. The number of ether oxygens (including phenoxy) is 1. The minimum atomic E-state index is -0.941. The van der Waals surface area contributed by atoms with Crippen LogP contribution in [0, 0.1) is 6.92 Å². The summed E-state index contributed by atoms with van der Waals surface area (Å²) in [4.78, 5) is 42.7. The standard InChI is InChI=1S/C31H43N3O4S/c1-9-22(4)34(29(36)26(18-19-39-8)33-30(37)38-31(5,6)7)27(24-16-13-15-23(10-2)20-24)28(35)32-25-17-12-11-14-21(25)3/h10-17,20,22,26-27H,2,9,18-19H2,1,3-8H3,(H,32,35)(H,33,37). The highest BCUT2D eigenvalue weighted by Crippen LogP contribution is 2.29. The SMILES string of the molecule is C=Cc1cccc(C(C(=O)Nc2ccccc2C)N(C(=O)C(CCSC)NC(=O)OC(C)(C)C)C(C)CC)c1. The fourth-order valence-corrected chi connectivity index (χ4v) is 4.60. The largest absolute Gasteiger partial charge is 0.444 e. The molecule has 2 rings (SSSR count). The van der Waals surface area contributed by atoms with Crippen LogP contribution in [0.3, 0.4) is 0 Å². The van der Waals surface area contributed by atoms with Gasteiger partial charge >= 0.3 is 6.09 Å². The zero-order chi connectivity index (χ0) is 29.2. The van der Waals surface area contributed by atoms with E-state index in [1.54, 1.807) is 43.5 Å². The molecule has 8 heteroatoms. The first kappa shape index (κ1) is 32.0. The second-order valence-electron chi connectivity index (χ2n) is 10.6. The normalized spacial score (nSPS) is 13.5. The van der Waals surface area contributed by atoms with Crippen LogP contribution >= 0.6 is 11.8 Å². The lowest BCUT2D eigenvalue weighted by atomic mass is 9.97. The van der Waals surface area contributed by atoms with Crippen molar-refractivity contribution in [3.05, 3.63) is 71.8 Å². The van der Waals surface area contributed by atoms with Gasteiger partial charge in [0.2, 0.25) is 5.91 Å². The number of carbonyl (C=O) groups is 3. The van der Waals surface area contributed by atoms with Gasteiger partial charge in [0.15, 0.2) is 0 Å². The Hall–Kier alpha value is -3.26. The smallest absolute Gasteiger partial charge is 0.408 e. The Morgan fingerprint density at radius 1 is 1.13 bits per heavy atom. The molecule has 0 saturated heterocycles. The molecule has 0 aliphatic heterocycles. The molecule has 3 atom stereocenters. The van der Waals surface area contributed by atoms with E-state index >= 15 is 0 Å². The molecule has 0 saturated carbocycles. The van der Waals surface area contributed by atoms with E-state index in [0.29, 0.717) is 29.8 Å². The van der Waals surface area contributed by atoms with Crippen LogP contribution in [0.25, 0.3) is 6.08 Å². The van der Waals surface area contributed by atoms with Gasteiger partial charge in [0.1, 0.15) is 17.7 Å². The Kier molecular flexibility index (Phi) is 12.1. The number of nitrogens with one attached hydrogen (secondary N) is 2. The van der Waals surface area contributed by atoms with Crippen molar-refractivity contribution in [2.45, 2.75) is 78.1 Å². The van der Waals surface area contributed by atoms with E-state index in [-0.39, 0.29) is 17.9 Å². The minimum absolute atomic E-state index is 0.297. The summed E-state index contributed by atoms with van der Waals surface area (Å²) in [6.45, 7) is 15.0. The number of thioether (sulfide) groups is 1. The highest BCUT2D eigenvalue weighted by atomic mass is 32.2. The molecule has 2 aromatic rings. The molecular formula is C31H43N3O4S. The maximum atomic E-state index is 14.3. The number of anilines is 1. The lowest BCUT2D eigenvalue weighted by Gasteiger charge is -2.38. The van der Waals surface area contributed by atoms with Crippen LogP contribution in [0.5, 0.6) is 0 Å². The Bertz CT molecular complexity index is 1140. The quantitative estimate of drug-likeness (QED) is 0.310. The number of hydrogen-bond acceptors (Lipinski definition) is 5. The predicted octanol–water partition coefficient (Wildman–Crippen LogP) is 6.59. The number of aryl methyl sites for hydroxylation is 1. The Labute approximate surface area is 237 Å². The van der Waals surface area contributed by atoms with Crippen molar-refractivity contribution in [3.63, 3.8) is 0 Å². The lowest BCUT2D eigenvalue weighted by molar-refractivity contribution is -0.143. The summed E-state index contributed by atoms with van der Waals surface area (Å²) in [6.07, 6.45) is 4.00. The number of carbonyl (C=O) groups excluding carboxylic acids is 3. The van der Waals surface area contributed by atoms with Crippen LogP contribution in [0.2, 0.25) is 0 Å². The third kappa shape index (κ3) is 9.46. The first-order valence-electron chi connectivity index (χ1n) is 13.3. The molecular weight excluding hydrogens is 510 g/mol. The molecule has 2 N–H and O–H groups in total. The monoisotopic (exact) mass is 553 g/mol. The highest BCUT2D eigenvalue weighted by molar-refractivity contribution is 7.98. The van der Waals surface area contributed by atoms with Gasteiger partial charge in [-0.25, -0.2) is 4.79 Å². The van der Waals surface area contributed by atoms with Crippen molar-refractivity contribution in [2.24, 2.45) is 0 Å². The topological polar surface area (TPSA) is 87.7 Å². The average molecular weight is 554 g/mol. The molecule has 39 heavy (non-hydrogen) atoms. The maximum Gasteiger partial charge on any atom is 0.408 e. The van der Waals surface area contributed by atoms with Gasteiger partial charge in [0.05, 0.1) is 0 Å². The van der Waals surface area contributed by atoms with E-state index in [0.717, 1.165) is 11.1 Å². The van der Waals surface area contributed by atoms with E-state index in [2.05, 4.69) is 17.2 Å². The van der Waals surface area contributed by atoms with E-state index in [9.17, 15) is 14.4 Å². The Morgan fingerprint density at radius 2 is 1.82 bits per heavy atom. The molecule has 7 nitrogen and oxygen atoms in total. The van der Waals surface area contributed by atoms with Crippen molar-refractivity contribution in [2.75, 3.05) is 17.3 Å². The zero-order valence-corrected chi connectivity index (χ0v) is 25.1. The molecule has 3 amide bonds. The second kappa shape index (κ2) is 14.8. The van der Waals surface area contributed by atoms with Gasteiger partial charge in [-0.2, -0.15) is 11.8 Å². The molecule has 0 aromatic heterocycles. The summed E-state index contributed by atoms with van der Waals surface area (Å²) in [5.74, 6) is -0.0229. The minimum Gasteiger partial charge on any atom is -0.444 e. The van der Waals surface area contributed by atoms with Crippen LogP contribution in [-0.2, 0) is 14.3 Å². The van der Waals surface area contributed by atoms with Crippen molar-refractivity contribution < 1.29 is 19.1 Å². The molecule has 0 radical (unpaired) electrons. The zero-order valence-electron chi connectivity index (χ0n) is 24.2. The maximum absolute atomic E-state index is 14.3. The van der Waals surface area contributed by atoms with Crippen molar-refractivity contribution in [1.82, 2.24) is 10.2 Å². The van der Waals surface area contributed by atoms with Crippen molar-refractivity contribution in [3.8, 4) is 0 Å². The van der Waals surface area contributed by atoms with E-state index in [4.69, 9.17) is 4.74 Å². The van der Waals surface area contributed by atoms with Crippen molar-refractivity contribution in [1.29, 1.82) is 0 Å². The Morgan fingerprint density at radius 3 is 2.41 bits per heavy atom.